The fourth-order valence-corrected chi connectivity index (χ4v) is 2.99. The average Bonchev–Trinajstić information content (AvgIpc) is 2.98. The van der Waals surface area contributed by atoms with Crippen molar-refractivity contribution in [2.24, 2.45) is 13.0 Å². The van der Waals surface area contributed by atoms with Crippen molar-refractivity contribution in [2.75, 3.05) is 13.2 Å². The smallest absolute Gasteiger partial charge is 0.269 e. The normalized spacial score (nSPS) is 11.1. The quantitative estimate of drug-likeness (QED) is 0.662. The minimum Gasteiger partial charge on any atom is -0.491 e. The molecular formula is C21H25N3O2. The predicted octanol–water partition coefficient (Wildman–Crippen LogP) is 3.58. The molecule has 0 aliphatic carbocycles. The highest BCUT2D eigenvalue weighted by Gasteiger charge is 2.13. The molecule has 0 unspecified atom stereocenters. The van der Waals surface area contributed by atoms with E-state index in [1.165, 1.54) is 0 Å². The van der Waals surface area contributed by atoms with Crippen LogP contribution < -0.4 is 10.1 Å². The third-order valence-corrected chi connectivity index (χ3v) is 4.18. The lowest BCUT2D eigenvalue weighted by atomic mass is 10.1. The number of benzene rings is 2. The summed E-state index contributed by atoms with van der Waals surface area (Å²) in [5, 5.41) is 9.52. The first-order valence-electron chi connectivity index (χ1n) is 8.96. The Kier molecular flexibility index (Phi) is 5.56. The Morgan fingerprint density at radius 1 is 1.19 bits per heavy atom. The number of amides is 1. The van der Waals surface area contributed by atoms with Gasteiger partial charge >= 0.3 is 0 Å². The summed E-state index contributed by atoms with van der Waals surface area (Å²) < 4.78 is 7.49. The Bertz CT molecular complexity index is 894. The average molecular weight is 351 g/mol. The maximum atomic E-state index is 12.4. The minimum absolute atomic E-state index is 0.128. The van der Waals surface area contributed by atoms with Crippen molar-refractivity contribution in [3.05, 3.63) is 59.9 Å². The molecule has 3 rings (SSSR count). The highest BCUT2D eigenvalue weighted by atomic mass is 16.5. The summed E-state index contributed by atoms with van der Waals surface area (Å²) in [6.45, 7) is 5.13. The van der Waals surface area contributed by atoms with Crippen LogP contribution in [0.2, 0.25) is 0 Å². The number of aryl methyl sites for hydroxylation is 1. The molecule has 0 bridgehead atoms. The van der Waals surface area contributed by atoms with Crippen molar-refractivity contribution in [1.29, 1.82) is 0 Å². The molecule has 1 aromatic heterocycles. The van der Waals surface area contributed by atoms with E-state index in [1.54, 1.807) is 11.7 Å². The Labute approximate surface area is 154 Å². The van der Waals surface area contributed by atoms with Gasteiger partial charge in [-0.15, -0.1) is 0 Å². The van der Waals surface area contributed by atoms with E-state index < -0.39 is 0 Å². The Balaban J connectivity index is 1.55. The van der Waals surface area contributed by atoms with Gasteiger partial charge in [-0.2, -0.15) is 5.10 Å². The van der Waals surface area contributed by atoms with Gasteiger partial charge in [0.2, 0.25) is 0 Å². The maximum Gasteiger partial charge on any atom is 0.269 e. The van der Waals surface area contributed by atoms with Crippen molar-refractivity contribution in [1.82, 2.24) is 15.1 Å². The lowest BCUT2D eigenvalue weighted by molar-refractivity contribution is 0.0937. The number of ether oxygens (including phenoxy) is 1. The number of aromatic nitrogens is 2. The molecule has 3 aromatic rings. The van der Waals surface area contributed by atoms with Crippen LogP contribution in [0.25, 0.3) is 10.8 Å². The zero-order chi connectivity index (χ0) is 18.5. The number of hydrogen-bond donors (Lipinski definition) is 1. The van der Waals surface area contributed by atoms with Gasteiger partial charge in [0.25, 0.3) is 5.91 Å². The molecule has 0 atom stereocenters. The molecular weight excluding hydrogens is 326 g/mol. The van der Waals surface area contributed by atoms with Gasteiger partial charge < -0.3 is 10.1 Å². The van der Waals surface area contributed by atoms with E-state index in [0.29, 0.717) is 24.8 Å². The molecule has 0 fully saturated rings. The molecule has 0 aliphatic rings. The number of fused-ring (bicyclic) bond motifs is 1. The van der Waals surface area contributed by atoms with E-state index in [4.69, 9.17) is 4.74 Å². The summed E-state index contributed by atoms with van der Waals surface area (Å²) >= 11 is 0. The van der Waals surface area contributed by atoms with Crippen LogP contribution in [0.5, 0.6) is 5.75 Å². The number of carbonyl (C=O) groups excluding carboxylic acids is 1. The molecule has 0 spiro atoms. The van der Waals surface area contributed by atoms with E-state index in [1.807, 2.05) is 36.4 Å². The summed E-state index contributed by atoms with van der Waals surface area (Å²) in [5.74, 6) is 1.21. The molecule has 0 saturated carbocycles. The highest BCUT2D eigenvalue weighted by Crippen LogP contribution is 2.24. The Morgan fingerprint density at radius 3 is 2.77 bits per heavy atom. The number of rotatable bonds is 7. The van der Waals surface area contributed by atoms with Crippen LogP contribution in [0, 0.1) is 5.92 Å². The molecule has 5 nitrogen and oxygen atoms in total. The van der Waals surface area contributed by atoms with Crippen LogP contribution >= 0.6 is 0 Å². The second kappa shape index (κ2) is 8.04. The van der Waals surface area contributed by atoms with Crippen molar-refractivity contribution in [3.8, 4) is 5.75 Å². The van der Waals surface area contributed by atoms with Gasteiger partial charge in [-0.3, -0.25) is 9.48 Å². The van der Waals surface area contributed by atoms with Gasteiger partial charge in [0.1, 0.15) is 18.1 Å². The van der Waals surface area contributed by atoms with Gasteiger partial charge in [-0.05, 0) is 29.9 Å². The molecule has 2 aromatic carbocycles. The van der Waals surface area contributed by atoms with E-state index in [2.05, 4.69) is 36.4 Å². The fourth-order valence-electron chi connectivity index (χ4n) is 2.99. The SMILES string of the molecule is CC(C)Cc1cc(C(=O)NCCOc2cccc3ccccc23)n(C)n1. The lowest BCUT2D eigenvalue weighted by Gasteiger charge is -2.10. The Hall–Kier alpha value is -2.82. The molecule has 1 heterocycles. The first-order valence-corrected chi connectivity index (χ1v) is 8.96. The summed E-state index contributed by atoms with van der Waals surface area (Å²) in [5.41, 5.74) is 1.52. The van der Waals surface area contributed by atoms with Gasteiger partial charge in [-0.1, -0.05) is 50.2 Å². The van der Waals surface area contributed by atoms with E-state index in [9.17, 15) is 4.79 Å². The largest absolute Gasteiger partial charge is 0.491 e. The monoisotopic (exact) mass is 351 g/mol. The lowest BCUT2D eigenvalue weighted by Crippen LogP contribution is -2.29. The highest BCUT2D eigenvalue weighted by molar-refractivity contribution is 5.92. The van der Waals surface area contributed by atoms with Crippen molar-refractivity contribution in [3.63, 3.8) is 0 Å². The summed E-state index contributed by atoms with van der Waals surface area (Å²) in [6.07, 6.45) is 0.866. The topological polar surface area (TPSA) is 56.1 Å². The van der Waals surface area contributed by atoms with Crippen molar-refractivity contribution >= 4 is 16.7 Å². The summed E-state index contributed by atoms with van der Waals surface area (Å²) in [7, 11) is 1.80. The molecule has 136 valence electrons. The van der Waals surface area contributed by atoms with Gasteiger partial charge in [0, 0.05) is 12.4 Å². The standard InChI is InChI=1S/C21H25N3O2/c1-15(2)13-17-14-19(24(3)23-17)21(25)22-11-12-26-20-10-6-8-16-7-4-5-9-18(16)20/h4-10,14-15H,11-13H2,1-3H3,(H,22,25). The van der Waals surface area contributed by atoms with Crippen LogP contribution in [0.1, 0.15) is 30.0 Å². The zero-order valence-electron chi connectivity index (χ0n) is 15.5. The zero-order valence-corrected chi connectivity index (χ0v) is 15.5. The van der Waals surface area contributed by atoms with Crippen LogP contribution in [0.4, 0.5) is 0 Å². The molecule has 0 aliphatic heterocycles. The van der Waals surface area contributed by atoms with Crippen molar-refractivity contribution < 1.29 is 9.53 Å². The predicted molar refractivity (Wildman–Crippen MR) is 104 cm³/mol. The molecule has 26 heavy (non-hydrogen) atoms. The third-order valence-electron chi connectivity index (χ3n) is 4.18. The van der Waals surface area contributed by atoms with Crippen LogP contribution in [0.3, 0.4) is 0 Å². The van der Waals surface area contributed by atoms with Gasteiger partial charge in [0.15, 0.2) is 0 Å². The fraction of sp³-hybridized carbons (Fsp3) is 0.333. The van der Waals surface area contributed by atoms with Crippen LogP contribution in [-0.4, -0.2) is 28.8 Å². The maximum absolute atomic E-state index is 12.4. The molecule has 5 heteroatoms. The number of hydrogen-bond acceptors (Lipinski definition) is 3. The molecule has 0 saturated heterocycles. The summed E-state index contributed by atoms with van der Waals surface area (Å²) in [6, 6.07) is 15.9. The van der Waals surface area contributed by atoms with Gasteiger partial charge in [-0.25, -0.2) is 0 Å². The second-order valence-electron chi connectivity index (χ2n) is 6.82. The first kappa shape index (κ1) is 18.0. The van der Waals surface area contributed by atoms with E-state index >= 15 is 0 Å². The van der Waals surface area contributed by atoms with Gasteiger partial charge in [0.05, 0.1) is 12.2 Å². The van der Waals surface area contributed by atoms with E-state index in [0.717, 1.165) is 28.6 Å². The van der Waals surface area contributed by atoms with Crippen LogP contribution in [0.15, 0.2) is 48.5 Å². The number of nitrogens with one attached hydrogen (secondary N) is 1. The van der Waals surface area contributed by atoms with Crippen molar-refractivity contribution in [2.45, 2.75) is 20.3 Å². The number of nitrogens with zero attached hydrogens (tertiary/aromatic N) is 2. The van der Waals surface area contributed by atoms with E-state index in [-0.39, 0.29) is 5.91 Å². The summed E-state index contributed by atoms with van der Waals surface area (Å²) in [4.78, 5) is 12.4. The minimum atomic E-state index is -0.128. The third kappa shape index (κ3) is 4.23. The Morgan fingerprint density at radius 2 is 1.96 bits per heavy atom. The number of carbonyl (C=O) groups is 1. The van der Waals surface area contributed by atoms with Crippen LogP contribution in [-0.2, 0) is 13.5 Å². The first-order chi connectivity index (χ1) is 12.5. The molecule has 1 N–H and O–H groups in total. The molecule has 0 radical (unpaired) electrons. The second-order valence-corrected chi connectivity index (χ2v) is 6.82. The molecule has 1 amide bonds.